The van der Waals surface area contributed by atoms with Crippen molar-refractivity contribution in [2.24, 2.45) is 0 Å². The first kappa shape index (κ1) is 18.4. The maximum Gasteiger partial charge on any atom is 0.191 e. The van der Waals surface area contributed by atoms with Crippen molar-refractivity contribution in [3.05, 3.63) is 77.6 Å². The van der Waals surface area contributed by atoms with Gasteiger partial charge in [-0.25, -0.2) is 0 Å². The fraction of sp³-hybridized carbons (Fsp3) is 0.286. The first-order valence-electron chi connectivity index (χ1n) is 8.90. The van der Waals surface area contributed by atoms with Crippen molar-refractivity contribution >= 4 is 17.5 Å². The van der Waals surface area contributed by atoms with Gasteiger partial charge in [0.2, 0.25) is 0 Å². The molecule has 0 saturated heterocycles. The lowest BCUT2D eigenvalue weighted by atomic mass is 10.1. The lowest BCUT2D eigenvalue weighted by Crippen LogP contribution is -2.08. The van der Waals surface area contributed by atoms with Gasteiger partial charge in [-0.3, -0.25) is 4.79 Å². The molecule has 0 bridgehead atoms. The third-order valence-electron chi connectivity index (χ3n) is 4.20. The summed E-state index contributed by atoms with van der Waals surface area (Å²) < 4.78 is 2.11. The Morgan fingerprint density at radius 2 is 1.58 bits per heavy atom. The molecule has 0 fully saturated rings. The zero-order valence-corrected chi connectivity index (χ0v) is 15.8. The molecular formula is C21H23N3OS. The van der Waals surface area contributed by atoms with E-state index in [1.807, 2.05) is 36.4 Å². The highest BCUT2D eigenvalue weighted by Gasteiger charge is 2.13. The van der Waals surface area contributed by atoms with Crippen molar-refractivity contribution in [1.29, 1.82) is 0 Å². The number of rotatable bonds is 9. The van der Waals surface area contributed by atoms with Gasteiger partial charge in [0.05, 0.1) is 5.75 Å². The Hall–Kier alpha value is -2.40. The zero-order valence-electron chi connectivity index (χ0n) is 15.0. The SMILES string of the molecule is CCn1c(CCc2ccccc2)nnc1SCC(=O)Cc1ccccc1. The average Bonchev–Trinajstić information content (AvgIpc) is 3.08. The van der Waals surface area contributed by atoms with E-state index in [-0.39, 0.29) is 5.78 Å². The van der Waals surface area contributed by atoms with E-state index in [0.29, 0.717) is 12.2 Å². The van der Waals surface area contributed by atoms with Gasteiger partial charge in [0.25, 0.3) is 0 Å². The van der Waals surface area contributed by atoms with E-state index in [0.717, 1.165) is 35.9 Å². The number of benzene rings is 2. The number of carbonyl (C=O) groups excluding carboxylic acids is 1. The summed E-state index contributed by atoms with van der Waals surface area (Å²) in [5.74, 6) is 1.61. The highest BCUT2D eigenvalue weighted by atomic mass is 32.2. The van der Waals surface area contributed by atoms with E-state index < -0.39 is 0 Å². The number of aryl methyl sites for hydroxylation is 2. The second-order valence-electron chi connectivity index (χ2n) is 6.12. The summed E-state index contributed by atoms with van der Waals surface area (Å²) in [6, 6.07) is 20.2. The molecule has 1 heterocycles. The van der Waals surface area contributed by atoms with Crippen LogP contribution < -0.4 is 0 Å². The molecule has 0 aliphatic carbocycles. The molecule has 4 nitrogen and oxygen atoms in total. The largest absolute Gasteiger partial charge is 0.306 e. The number of nitrogens with zero attached hydrogens (tertiary/aromatic N) is 3. The molecule has 1 aromatic heterocycles. The fourth-order valence-electron chi connectivity index (χ4n) is 2.85. The lowest BCUT2D eigenvalue weighted by Gasteiger charge is -2.07. The van der Waals surface area contributed by atoms with Crippen LogP contribution in [0, 0.1) is 0 Å². The summed E-state index contributed by atoms with van der Waals surface area (Å²) in [4.78, 5) is 12.2. The maximum atomic E-state index is 12.2. The predicted octanol–water partition coefficient (Wildman–Crippen LogP) is 3.99. The first-order valence-corrected chi connectivity index (χ1v) is 9.89. The Labute approximate surface area is 158 Å². The molecule has 3 aromatic rings. The van der Waals surface area contributed by atoms with E-state index in [4.69, 9.17) is 0 Å². The summed E-state index contributed by atoms with van der Waals surface area (Å²) in [6.07, 6.45) is 2.26. The third kappa shape index (κ3) is 5.05. The zero-order chi connectivity index (χ0) is 18.2. The van der Waals surface area contributed by atoms with Gasteiger partial charge in [-0.15, -0.1) is 10.2 Å². The van der Waals surface area contributed by atoms with Crippen molar-refractivity contribution in [2.75, 3.05) is 5.75 Å². The van der Waals surface area contributed by atoms with Gasteiger partial charge in [-0.2, -0.15) is 0 Å². The van der Waals surface area contributed by atoms with Crippen molar-refractivity contribution < 1.29 is 4.79 Å². The predicted molar refractivity (Wildman–Crippen MR) is 105 cm³/mol. The molecule has 0 atom stereocenters. The summed E-state index contributed by atoms with van der Waals surface area (Å²) in [5.41, 5.74) is 2.35. The molecule has 0 N–H and O–H groups in total. The van der Waals surface area contributed by atoms with Crippen LogP contribution in [0.5, 0.6) is 0 Å². The minimum absolute atomic E-state index is 0.206. The monoisotopic (exact) mass is 365 g/mol. The third-order valence-corrected chi connectivity index (χ3v) is 5.22. The number of Topliss-reactive ketones (excluding diaryl/α,β-unsaturated/α-hetero) is 1. The number of aromatic nitrogens is 3. The van der Waals surface area contributed by atoms with E-state index in [9.17, 15) is 4.79 Å². The molecule has 5 heteroatoms. The number of ketones is 1. The second-order valence-corrected chi connectivity index (χ2v) is 7.06. The lowest BCUT2D eigenvalue weighted by molar-refractivity contribution is -0.116. The Morgan fingerprint density at radius 3 is 2.23 bits per heavy atom. The second kappa shape index (κ2) is 9.34. The van der Waals surface area contributed by atoms with Gasteiger partial charge in [-0.05, 0) is 24.5 Å². The number of thioether (sulfide) groups is 1. The highest BCUT2D eigenvalue weighted by molar-refractivity contribution is 7.99. The van der Waals surface area contributed by atoms with Crippen LogP contribution in [-0.4, -0.2) is 26.3 Å². The molecule has 26 heavy (non-hydrogen) atoms. The Balaban J connectivity index is 1.56. The van der Waals surface area contributed by atoms with Crippen LogP contribution in [0.3, 0.4) is 0 Å². The average molecular weight is 366 g/mol. The quantitative estimate of drug-likeness (QED) is 0.538. The standard InChI is InChI=1S/C21H23N3OS/c1-2-24-20(14-13-17-9-5-3-6-10-17)22-23-21(24)26-16-19(25)15-18-11-7-4-8-12-18/h3-12H,2,13-16H2,1H3. The van der Waals surface area contributed by atoms with Crippen LogP contribution in [0.25, 0.3) is 0 Å². The minimum atomic E-state index is 0.206. The maximum absolute atomic E-state index is 12.2. The van der Waals surface area contributed by atoms with Gasteiger partial charge < -0.3 is 4.57 Å². The molecule has 0 radical (unpaired) electrons. The summed E-state index contributed by atoms with van der Waals surface area (Å²) in [7, 11) is 0. The fourth-order valence-corrected chi connectivity index (χ4v) is 3.73. The molecule has 2 aromatic carbocycles. The molecule has 3 rings (SSSR count). The topological polar surface area (TPSA) is 47.8 Å². The van der Waals surface area contributed by atoms with E-state index in [2.05, 4.69) is 46.0 Å². The van der Waals surface area contributed by atoms with Crippen LogP contribution in [-0.2, 0) is 30.6 Å². The summed E-state index contributed by atoms with van der Waals surface area (Å²) in [5, 5.41) is 9.48. The number of carbonyl (C=O) groups is 1. The van der Waals surface area contributed by atoms with E-state index >= 15 is 0 Å². The van der Waals surface area contributed by atoms with E-state index in [1.54, 1.807) is 0 Å². The molecule has 0 aliphatic rings. The molecule has 134 valence electrons. The molecule has 0 saturated carbocycles. The number of hydrogen-bond acceptors (Lipinski definition) is 4. The van der Waals surface area contributed by atoms with Crippen molar-refractivity contribution in [3.8, 4) is 0 Å². The minimum Gasteiger partial charge on any atom is -0.306 e. The van der Waals surface area contributed by atoms with Crippen molar-refractivity contribution in [2.45, 2.75) is 37.9 Å². The van der Waals surface area contributed by atoms with E-state index in [1.165, 1.54) is 17.3 Å². The van der Waals surface area contributed by atoms with Gasteiger partial charge in [0.15, 0.2) is 5.16 Å². The van der Waals surface area contributed by atoms with Gasteiger partial charge in [0, 0.05) is 19.4 Å². The normalized spacial score (nSPS) is 10.8. The van der Waals surface area contributed by atoms with Gasteiger partial charge in [0.1, 0.15) is 11.6 Å². The number of hydrogen-bond donors (Lipinski definition) is 0. The molecule has 0 spiro atoms. The van der Waals surface area contributed by atoms with Crippen LogP contribution >= 0.6 is 11.8 Å². The summed E-state index contributed by atoms with van der Waals surface area (Å²) >= 11 is 1.48. The summed E-state index contributed by atoms with van der Waals surface area (Å²) in [6.45, 7) is 2.90. The molecule has 0 aliphatic heterocycles. The Kier molecular flexibility index (Phi) is 6.61. The van der Waals surface area contributed by atoms with Crippen LogP contribution in [0.4, 0.5) is 0 Å². The van der Waals surface area contributed by atoms with Crippen molar-refractivity contribution in [1.82, 2.24) is 14.8 Å². The van der Waals surface area contributed by atoms with Gasteiger partial charge >= 0.3 is 0 Å². The molecular weight excluding hydrogens is 342 g/mol. The van der Waals surface area contributed by atoms with Crippen LogP contribution in [0.2, 0.25) is 0 Å². The Morgan fingerprint density at radius 1 is 0.923 bits per heavy atom. The molecule has 0 unspecified atom stereocenters. The first-order chi connectivity index (χ1) is 12.8. The van der Waals surface area contributed by atoms with Crippen molar-refractivity contribution in [3.63, 3.8) is 0 Å². The Bertz CT molecular complexity index is 831. The van der Waals surface area contributed by atoms with Crippen LogP contribution in [0.15, 0.2) is 65.8 Å². The molecule has 0 amide bonds. The van der Waals surface area contributed by atoms with Gasteiger partial charge in [-0.1, -0.05) is 72.4 Å². The highest BCUT2D eigenvalue weighted by Crippen LogP contribution is 2.19. The van der Waals surface area contributed by atoms with Crippen LogP contribution in [0.1, 0.15) is 23.9 Å². The smallest absolute Gasteiger partial charge is 0.191 e.